The fourth-order valence-electron chi connectivity index (χ4n) is 1.18. The smallest absolute Gasteiger partial charge is 0.182 e. The lowest BCUT2D eigenvalue weighted by atomic mass is 10.2. The van der Waals surface area contributed by atoms with E-state index >= 15 is 0 Å². The number of halogens is 1. The Hall–Kier alpha value is -1.67. The molecule has 5 heteroatoms. The van der Waals surface area contributed by atoms with Crippen molar-refractivity contribution in [2.45, 2.75) is 0 Å². The van der Waals surface area contributed by atoms with Gasteiger partial charge in [-0.3, -0.25) is 0 Å². The Morgan fingerprint density at radius 1 is 1.29 bits per heavy atom. The molecule has 0 aliphatic heterocycles. The lowest BCUT2D eigenvalue weighted by Crippen LogP contribution is -1.76. The molecule has 0 aliphatic carbocycles. The highest BCUT2D eigenvalue weighted by atomic mass is 79.9. The molecule has 0 unspecified atom stereocenters. The van der Waals surface area contributed by atoms with E-state index < -0.39 is 0 Å². The van der Waals surface area contributed by atoms with Crippen molar-refractivity contribution in [1.29, 1.82) is 5.39 Å². The normalized spacial score (nSPS) is 9.71. The van der Waals surface area contributed by atoms with E-state index in [0.717, 1.165) is 11.3 Å². The molecular formula is C9H6BrN4+. The Morgan fingerprint density at radius 2 is 2.00 bits per heavy atom. The molecule has 0 fully saturated rings. The fourth-order valence-corrected chi connectivity index (χ4v) is 1.67. The number of diazo groups is 1. The summed E-state index contributed by atoms with van der Waals surface area (Å²) in [7, 11) is 0. The third-order valence-electron chi connectivity index (χ3n) is 1.85. The van der Waals surface area contributed by atoms with E-state index in [1.54, 1.807) is 0 Å². The lowest BCUT2D eigenvalue weighted by Gasteiger charge is -1.93. The summed E-state index contributed by atoms with van der Waals surface area (Å²) in [6.45, 7) is 0. The van der Waals surface area contributed by atoms with Crippen LogP contribution in [0, 0.1) is 5.39 Å². The molecule has 1 aromatic carbocycles. The predicted molar refractivity (Wildman–Crippen MR) is 56.5 cm³/mol. The van der Waals surface area contributed by atoms with Gasteiger partial charge in [0.25, 0.3) is 0 Å². The molecule has 0 spiro atoms. The Bertz CT molecular complexity index is 483. The molecule has 0 saturated heterocycles. The average Bonchev–Trinajstić information content (AvgIpc) is 2.61. The van der Waals surface area contributed by atoms with Gasteiger partial charge in [0, 0.05) is 10.5 Å². The second-order valence-corrected chi connectivity index (χ2v) is 3.50. The molecule has 2 aromatic rings. The van der Waals surface area contributed by atoms with E-state index in [1.165, 1.54) is 0 Å². The van der Waals surface area contributed by atoms with Crippen LogP contribution in [0.2, 0.25) is 0 Å². The molecular weight excluding hydrogens is 244 g/mol. The second-order valence-electron chi connectivity index (χ2n) is 2.70. The predicted octanol–water partition coefficient (Wildman–Crippen LogP) is 3.32. The van der Waals surface area contributed by atoms with Crippen LogP contribution in [-0.4, -0.2) is 10.2 Å². The van der Waals surface area contributed by atoms with Gasteiger partial charge in [-0.25, -0.2) is 0 Å². The largest absolute Gasteiger partial charge is 0.502 e. The topological polar surface area (TPSA) is 56.8 Å². The van der Waals surface area contributed by atoms with Gasteiger partial charge < -0.3 is 0 Å². The molecule has 1 N–H and O–H groups in total. The second kappa shape index (κ2) is 3.60. The number of rotatable bonds is 1. The highest BCUT2D eigenvalue weighted by molar-refractivity contribution is 9.10. The molecule has 1 heterocycles. The van der Waals surface area contributed by atoms with Crippen molar-refractivity contribution in [1.82, 2.24) is 10.2 Å². The number of nitrogens with zero attached hydrogens (tertiary/aromatic N) is 3. The lowest BCUT2D eigenvalue weighted by molar-refractivity contribution is 1.10. The first-order chi connectivity index (χ1) is 6.83. The molecule has 0 bridgehead atoms. The van der Waals surface area contributed by atoms with Crippen LogP contribution in [0.1, 0.15) is 0 Å². The van der Waals surface area contributed by atoms with Crippen molar-refractivity contribution in [3.05, 3.63) is 39.8 Å². The van der Waals surface area contributed by atoms with Crippen molar-refractivity contribution in [3.8, 4) is 11.3 Å². The Kier molecular flexibility index (Phi) is 2.29. The van der Waals surface area contributed by atoms with Crippen molar-refractivity contribution >= 4 is 21.7 Å². The zero-order valence-electron chi connectivity index (χ0n) is 7.11. The summed E-state index contributed by atoms with van der Waals surface area (Å²) in [4.78, 5) is 3.03. The Morgan fingerprint density at radius 3 is 2.57 bits per heavy atom. The molecule has 14 heavy (non-hydrogen) atoms. The van der Waals surface area contributed by atoms with Gasteiger partial charge in [0.2, 0.25) is 0 Å². The summed E-state index contributed by atoms with van der Waals surface area (Å²) in [5.74, 6) is 0.254. The zero-order valence-corrected chi connectivity index (χ0v) is 8.69. The standard InChI is InChI=1S/C9H6BrN4/c10-7-8(13-14-9(7)12-11)6-4-2-1-3-5-6/h1-5H,(H,13,14)/q+1. The molecule has 0 amide bonds. The van der Waals surface area contributed by atoms with Crippen LogP contribution in [0.15, 0.2) is 34.8 Å². The number of hydrogen-bond donors (Lipinski definition) is 1. The maximum absolute atomic E-state index is 8.59. The third-order valence-corrected chi connectivity index (χ3v) is 2.60. The first-order valence-electron chi connectivity index (χ1n) is 3.97. The minimum Gasteiger partial charge on any atom is -0.182 e. The summed E-state index contributed by atoms with van der Waals surface area (Å²) in [6, 6.07) is 9.68. The van der Waals surface area contributed by atoms with Crippen molar-refractivity contribution < 1.29 is 0 Å². The highest BCUT2D eigenvalue weighted by Gasteiger charge is 2.21. The number of benzene rings is 1. The minimum atomic E-state index is 0.254. The summed E-state index contributed by atoms with van der Waals surface area (Å²) < 4.78 is 0.659. The Labute approximate surface area is 88.7 Å². The minimum absolute atomic E-state index is 0.254. The molecule has 2 rings (SSSR count). The van der Waals surface area contributed by atoms with Crippen molar-refractivity contribution in [2.24, 2.45) is 0 Å². The average molecular weight is 250 g/mol. The van der Waals surface area contributed by atoms with Crippen LogP contribution in [0.5, 0.6) is 0 Å². The summed E-state index contributed by atoms with van der Waals surface area (Å²) >= 11 is 3.30. The first-order valence-corrected chi connectivity index (χ1v) is 4.76. The van der Waals surface area contributed by atoms with Crippen LogP contribution < -0.4 is 0 Å². The molecule has 0 saturated carbocycles. The van der Waals surface area contributed by atoms with E-state index in [4.69, 9.17) is 5.39 Å². The molecule has 0 aliphatic rings. The van der Waals surface area contributed by atoms with Crippen molar-refractivity contribution in [2.75, 3.05) is 0 Å². The first kappa shape index (κ1) is 8.91. The zero-order chi connectivity index (χ0) is 9.97. The quantitative estimate of drug-likeness (QED) is 0.789. The molecule has 0 radical (unpaired) electrons. The van der Waals surface area contributed by atoms with Crippen LogP contribution in [0.3, 0.4) is 0 Å². The van der Waals surface area contributed by atoms with Gasteiger partial charge in [-0.15, -0.1) is 0 Å². The number of aromatic nitrogens is 2. The maximum Gasteiger partial charge on any atom is 0.502 e. The van der Waals surface area contributed by atoms with E-state index in [-0.39, 0.29) is 5.82 Å². The van der Waals surface area contributed by atoms with Crippen LogP contribution in [0.4, 0.5) is 5.82 Å². The van der Waals surface area contributed by atoms with Gasteiger partial charge in [-0.1, -0.05) is 30.3 Å². The summed E-state index contributed by atoms with van der Waals surface area (Å²) in [6.07, 6.45) is 0. The van der Waals surface area contributed by atoms with Crippen LogP contribution in [0.25, 0.3) is 16.2 Å². The maximum atomic E-state index is 8.59. The SMILES string of the molecule is N#[N+]c1n[nH]c(-c2ccccc2)c1Br. The molecule has 68 valence electrons. The van der Waals surface area contributed by atoms with Gasteiger partial charge >= 0.3 is 5.82 Å². The van der Waals surface area contributed by atoms with E-state index in [1.807, 2.05) is 30.3 Å². The van der Waals surface area contributed by atoms with Gasteiger partial charge in [-0.05, 0) is 15.9 Å². The molecule has 1 aromatic heterocycles. The van der Waals surface area contributed by atoms with Gasteiger partial charge in [0.15, 0.2) is 4.47 Å². The van der Waals surface area contributed by atoms with E-state index in [2.05, 4.69) is 31.1 Å². The summed E-state index contributed by atoms with van der Waals surface area (Å²) in [5, 5.41) is 15.2. The van der Waals surface area contributed by atoms with Crippen molar-refractivity contribution in [3.63, 3.8) is 0 Å². The van der Waals surface area contributed by atoms with E-state index in [0.29, 0.717) is 4.47 Å². The fraction of sp³-hybridized carbons (Fsp3) is 0. The van der Waals surface area contributed by atoms with E-state index in [9.17, 15) is 0 Å². The monoisotopic (exact) mass is 249 g/mol. The van der Waals surface area contributed by atoms with Gasteiger partial charge in [0.05, 0.1) is 10.5 Å². The summed E-state index contributed by atoms with van der Waals surface area (Å²) in [5.41, 5.74) is 1.79. The van der Waals surface area contributed by atoms with Crippen LogP contribution >= 0.6 is 15.9 Å². The third kappa shape index (κ3) is 1.40. The van der Waals surface area contributed by atoms with Gasteiger partial charge in [0.1, 0.15) is 5.69 Å². The molecule has 0 atom stereocenters. The Balaban J connectivity index is 2.54. The number of nitrogens with one attached hydrogen (secondary N) is 1. The van der Waals surface area contributed by atoms with Gasteiger partial charge in [-0.2, -0.15) is 5.10 Å². The number of H-pyrrole nitrogens is 1. The molecule has 4 nitrogen and oxygen atoms in total. The number of hydrogen-bond acceptors (Lipinski definition) is 2. The van der Waals surface area contributed by atoms with Crippen LogP contribution in [-0.2, 0) is 0 Å². The highest BCUT2D eigenvalue weighted by Crippen LogP contribution is 2.32. The number of aromatic amines is 1.